The number of unbranched alkanes of at least 4 members (excludes halogenated alkanes) is 3. The minimum absolute atomic E-state index is 0.103. The average molecular weight is 264 g/mol. The Bertz CT molecular complexity index is 458. The molecule has 0 saturated carbocycles. The van der Waals surface area contributed by atoms with Crippen LogP contribution in [0.15, 0.2) is 18.2 Å². The standard InChI is InChI=1S/C14H20N2O3/c1-3-4-5-6-10-15-14(17)12-9-7-8-11(2)13(12)16(18)19/h7-9H,3-6,10H2,1-2H3,(H,15,17). The van der Waals surface area contributed by atoms with Crippen LogP contribution in [0, 0.1) is 17.0 Å². The van der Waals surface area contributed by atoms with Crippen molar-refractivity contribution in [2.75, 3.05) is 6.54 Å². The summed E-state index contributed by atoms with van der Waals surface area (Å²) in [6.45, 7) is 4.31. The highest BCUT2D eigenvalue weighted by Gasteiger charge is 2.21. The van der Waals surface area contributed by atoms with Gasteiger partial charge in [-0.05, 0) is 19.4 Å². The van der Waals surface area contributed by atoms with Crippen LogP contribution in [0.3, 0.4) is 0 Å². The molecular formula is C14H20N2O3. The van der Waals surface area contributed by atoms with Gasteiger partial charge in [-0.2, -0.15) is 0 Å². The number of hydrogen-bond donors (Lipinski definition) is 1. The molecule has 0 radical (unpaired) electrons. The highest BCUT2D eigenvalue weighted by molar-refractivity contribution is 5.98. The van der Waals surface area contributed by atoms with Crippen molar-refractivity contribution in [3.8, 4) is 0 Å². The average Bonchev–Trinajstić information content (AvgIpc) is 2.37. The quantitative estimate of drug-likeness (QED) is 0.467. The van der Waals surface area contributed by atoms with Crippen molar-refractivity contribution in [1.82, 2.24) is 5.32 Å². The first-order valence-electron chi connectivity index (χ1n) is 6.60. The molecule has 1 amide bonds. The van der Waals surface area contributed by atoms with Gasteiger partial charge < -0.3 is 5.32 Å². The molecule has 5 heteroatoms. The second-order valence-electron chi connectivity index (χ2n) is 4.54. The van der Waals surface area contributed by atoms with E-state index in [0.717, 1.165) is 25.7 Å². The fourth-order valence-electron chi connectivity index (χ4n) is 1.93. The number of nitrogens with one attached hydrogen (secondary N) is 1. The maximum atomic E-state index is 11.9. The predicted octanol–water partition coefficient (Wildman–Crippen LogP) is 3.21. The lowest BCUT2D eigenvalue weighted by atomic mass is 10.1. The van der Waals surface area contributed by atoms with E-state index in [4.69, 9.17) is 0 Å². The highest BCUT2D eigenvalue weighted by Crippen LogP contribution is 2.22. The Hall–Kier alpha value is -1.91. The number of benzene rings is 1. The van der Waals surface area contributed by atoms with Gasteiger partial charge in [-0.25, -0.2) is 0 Å². The number of hydrogen-bond acceptors (Lipinski definition) is 3. The number of amides is 1. The maximum Gasteiger partial charge on any atom is 0.285 e. The first kappa shape index (κ1) is 15.1. The summed E-state index contributed by atoms with van der Waals surface area (Å²) in [5.74, 6) is -0.369. The van der Waals surface area contributed by atoms with E-state index in [1.807, 2.05) is 0 Å². The van der Waals surface area contributed by atoms with Crippen LogP contribution in [0.4, 0.5) is 5.69 Å². The minimum Gasteiger partial charge on any atom is -0.352 e. The van der Waals surface area contributed by atoms with Crippen LogP contribution < -0.4 is 5.32 Å². The Kier molecular flexibility index (Phi) is 5.99. The summed E-state index contributed by atoms with van der Waals surface area (Å²) in [6, 6.07) is 4.79. The Balaban J connectivity index is 2.67. The summed E-state index contributed by atoms with van der Waals surface area (Å²) < 4.78 is 0. The molecule has 0 unspecified atom stereocenters. The summed E-state index contributed by atoms with van der Waals surface area (Å²) in [6.07, 6.45) is 4.24. The zero-order chi connectivity index (χ0) is 14.3. The summed E-state index contributed by atoms with van der Waals surface area (Å²) in [5, 5.41) is 13.7. The molecule has 0 atom stereocenters. The van der Waals surface area contributed by atoms with Crippen molar-refractivity contribution in [3.63, 3.8) is 0 Å². The molecule has 1 rings (SSSR count). The number of aryl methyl sites for hydroxylation is 1. The lowest BCUT2D eigenvalue weighted by molar-refractivity contribution is -0.385. The molecule has 0 bridgehead atoms. The first-order chi connectivity index (χ1) is 9.07. The third kappa shape index (κ3) is 4.35. The van der Waals surface area contributed by atoms with E-state index in [-0.39, 0.29) is 17.2 Å². The van der Waals surface area contributed by atoms with E-state index >= 15 is 0 Å². The van der Waals surface area contributed by atoms with Crippen LogP contribution in [0.25, 0.3) is 0 Å². The van der Waals surface area contributed by atoms with Gasteiger partial charge in [0.1, 0.15) is 5.56 Å². The van der Waals surface area contributed by atoms with Gasteiger partial charge in [0.2, 0.25) is 0 Å². The largest absolute Gasteiger partial charge is 0.352 e. The van der Waals surface area contributed by atoms with Crippen molar-refractivity contribution < 1.29 is 9.72 Å². The van der Waals surface area contributed by atoms with Crippen LogP contribution in [0.2, 0.25) is 0 Å². The van der Waals surface area contributed by atoms with Gasteiger partial charge >= 0.3 is 0 Å². The SMILES string of the molecule is CCCCCCNC(=O)c1cccc(C)c1[N+](=O)[O-]. The molecule has 5 nitrogen and oxygen atoms in total. The van der Waals surface area contributed by atoms with Gasteiger partial charge in [0.25, 0.3) is 11.6 Å². The van der Waals surface area contributed by atoms with E-state index in [0.29, 0.717) is 12.1 Å². The fourth-order valence-corrected chi connectivity index (χ4v) is 1.93. The molecule has 0 aliphatic heterocycles. The van der Waals surface area contributed by atoms with E-state index in [9.17, 15) is 14.9 Å². The number of nitro benzene ring substituents is 1. The lowest BCUT2D eigenvalue weighted by Gasteiger charge is -2.07. The Morgan fingerprint density at radius 2 is 2.05 bits per heavy atom. The molecule has 104 valence electrons. The van der Waals surface area contributed by atoms with Gasteiger partial charge in [0.15, 0.2) is 0 Å². The molecule has 0 aliphatic rings. The van der Waals surface area contributed by atoms with Crippen molar-refractivity contribution in [1.29, 1.82) is 0 Å². The second kappa shape index (κ2) is 7.51. The van der Waals surface area contributed by atoms with Gasteiger partial charge in [-0.1, -0.05) is 38.3 Å². The number of nitrogens with zero attached hydrogens (tertiary/aromatic N) is 1. The number of carbonyl (C=O) groups is 1. The zero-order valence-electron chi connectivity index (χ0n) is 11.4. The molecule has 0 aliphatic carbocycles. The molecular weight excluding hydrogens is 244 g/mol. The molecule has 1 aromatic rings. The topological polar surface area (TPSA) is 72.2 Å². The van der Waals surface area contributed by atoms with Gasteiger partial charge in [0, 0.05) is 12.1 Å². The fraction of sp³-hybridized carbons (Fsp3) is 0.500. The zero-order valence-corrected chi connectivity index (χ0v) is 11.4. The van der Waals surface area contributed by atoms with E-state index in [1.165, 1.54) is 6.07 Å². The van der Waals surface area contributed by atoms with Crippen molar-refractivity contribution >= 4 is 11.6 Å². The van der Waals surface area contributed by atoms with Gasteiger partial charge in [0.05, 0.1) is 4.92 Å². The first-order valence-corrected chi connectivity index (χ1v) is 6.60. The smallest absolute Gasteiger partial charge is 0.285 e. The lowest BCUT2D eigenvalue weighted by Crippen LogP contribution is -2.25. The molecule has 0 fully saturated rings. The molecule has 0 heterocycles. The molecule has 0 aromatic heterocycles. The number of para-hydroxylation sites is 1. The molecule has 19 heavy (non-hydrogen) atoms. The van der Waals surface area contributed by atoms with Crippen molar-refractivity contribution in [3.05, 3.63) is 39.4 Å². The molecule has 1 aromatic carbocycles. The van der Waals surface area contributed by atoms with Crippen LogP contribution in [0.1, 0.15) is 48.5 Å². The molecule has 1 N–H and O–H groups in total. The summed E-state index contributed by atoms with van der Waals surface area (Å²) in [4.78, 5) is 22.4. The van der Waals surface area contributed by atoms with E-state index in [1.54, 1.807) is 19.1 Å². The summed E-state index contributed by atoms with van der Waals surface area (Å²) in [7, 11) is 0. The maximum absolute atomic E-state index is 11.9. The molecule has 0 saturated heterocycles. The Morgan fingerprint density at radius 3 is 2.68 bits per heavy atom. The highest BCUT2D eigenvalue weighted by atomic mass is 16.6. The number of nitro groups is 1. The van der Waals surface area contributed by atoms with Crippen LogP contribution in [0.5, 0.6) is 0 Å². The van der Waals surface area contributed by atoms with Crippen LogP contribution in [-0.4, -0.2) is 17.4 Å². The normalized spacial score (nSPS) is 10.2. The van der Waals surface area contributed by atoms with Gasteiger partial charge in [-0.15, -0.1) is 0 Å². The third-order valence-electron chi connectivity index (χ3n) is 2.98. The molecule has 0 spiro atoms. The van der Waals surface area contributed by atoms with Crippen LogP contribution >= 0.6 is 0 Å². The van der Waals surface area contributed by atoms with Crippen LogP contribution in [-0.2, 0) is 0 Å². The third-order valence-corrected chi connectivity index (χ3v) is 2.98. The Morgan fingerprint density at radius 1 is 1.32 bits per heavy atom. The second-order valence-corrected chi connectivity index (χ2v) is 4.54. The number of carbonyl (C=O) groups excluding carboxylic acids is 1. The minimum atomic E-state index is -0.499. The number of rotatable bonds is 7. The predicted molar refractivity (Wildman–Crippen MR) is 74.3 cm³/mol. The summed E-state index contributed by atoms with van der Waals surface area (Å²) >= 11 is 0. The van der Waals surface area contributed by atoms with E-state index < -0.39 is 4.92 Å². The van der Waals surface area contributed by atoms with Gasteiger partial charge in [-0.3, -0.25) is 14.9 Å². The van der Waals surface area contributed by atoms with Crippen molar-refractivity contribution in [2.45, 2.75) is 39.5 Å². The monoisotopic (exact) mass is 264 g/mol. The Labute approximate surface area is 113 Å². The summed E-state index contributed by atoms with van der Waals surface area (Å²) in [5.41, 5.74) is 0.540. The van der Waals surface area contributed by atoms with E-state index in [2.05, 4.69) is 12.2 Å². The van der Waals surface area contributed by atoms with Crippen molar-refractivity contribution in [2.24, 2.45) is 0 Å².